The fourth-order valence-corrected chi connectivity index (χ4v) is 3.70. The minimum absolute atomic E-state index is 0.267. The molecule has 0 amide bonds. The molecule has 130 valence electrons. The van der Waals surface area contributed by atoms with Gasteiger partial charge in [-0.15, -0.1) is 0 Å². The normalized spacial score (nSPS) is 32.2. The second-order valence-electron chi connectivity index (χ2n) is 6.69. The predicted octanol–water partition coefficient (Wildman–Crippen LogP) is 2.20. The summed E-state index contributed by atoms with van der Waals surface area (Å²) < 4.78 is 13.6. The van der Waals surface area contributed by atoms with Crippen molar-refractivity contribution in [2.24, 2.45) is 0 Å². The zero-order valence-electron chi connectivity index (χ0n) is 14.5. The summed E-state index contributed by atoms with van der Waals surface area (Å²) in [6, 6.07) is 0.384. The molecule has 2 fully saturated rings. The largest absolute Gasteiger partial charge is 0.381 e. The van der Waals surface area contributed by atoms with E-state index in [-0.39, 0.29) is 12.2 Å². The Bertz CT molecular complexity index is 475. The number of ether oxygens (including phenoxy) is 2. The number of methoxy groups -OCH3 is 1. The highest BCUT2D eigenvalue weighted by Crippen LogP contribution is 2.32. The molecular weight excluding hydrogens is 294 g/mol. The Kier molecular flexibility index (Phi) is 5.48. The van der Waals surface area contributed by atoms with Crippen LogP contribution < -0.4 is 4.90 Å². The molecule has 1 aromatic rings. The van der Waals surface area contributed by atoms with Crippen LogP contribution in [0.15, 0.2) is 0 Å². The van der Waals surface area contributed by atoms with Gasteiger partial charge in [0.1, 0.15) is 0 Å². The second-order valence-corrected chi connectivity index (χ2v) is 6.69. The fraction of sp³-hybridized carbons (Fsp3) is 0.938. The third-order valence-corrected chi connectivity index (χ3v) is 5.22. The minimum atomic E-state index is 0.267. The van der Waals surface area contributed by atoms with Gasteiger partial charge in [-0.25, -0.2) is 4.68 Å². The summed E-state index contributed by atoms with van der Waals surface area (Å²) >= 11 is 0. The zero-order valence-corrected chi connectivity index (χ0v) is 14.5. The number of morpholine rings is 1. The Hall–Kier alpha value is -1.21. The average molecular weight is 323 g/mol. The maximum absolute atomic E-state index is 6.09. The van der Waals surface area contributed by atoms with Gasteiger partial charge < -0.3 is 14.4 Å². The van der Waals surface area contributed by atoms with Crippen LogP contribution in [0.5, 0.6) is 0 Å². The van der Waals surface area contributed by atoms with Gasteiger partial charge in [0, 0.05) is 20.2 Å². The van der Waals surface area contributed by atoms with Crippen molar-refractivity contribution in [3.8, 4) is 0 Å². The molecule has 1 aliphatic carbocycles. The maximum atomic E-state index is 6.09. The van der Waals surface area contributed by atoms with Crippen LogP contribution in [0.2, 0.25) is 0 Å². The Morgan fingerprint density at radius 1 is 1.09 bits per heavy atom. The molecule has 0 radical (unpaired) electrons. The van der Waals surface area contributed by atoms with Crippen LogP contribution in [-0.2, 0) is 9.47 Å². The van der Waals surface area contributed by atoms with E-state index in [1.807, 2.05) is 4.68 Å². The Balaban J connectivity index is 1.72. The summed E-state index contributed by atoms with van der Waals surface area (Å²) in [4.78, 5) is 2.31. The van der Waals surface area contributed by atoms with Gasteiger partial charge in [-0.1, -0.05) is 18.9 Å². The minimum Gasteiger partial charge on any atom is -0.381 e. The van der Waals surface area contributed by atoms with Crippen LogP contribution in [0.3, 0.4) is 0 Å². The van der Waals surface area contributed by atoms with Gasteiger partial charge in [0.25, 0.3) is 0 Å². The van der Waals surface area contributed by atoms with Gasteiger partial charge in [0.2, 0.25) is 5.95 Å². The third kappa shape index (κ3) is 3.66. The van der Waals surface area contributed by atoms with Crippen LogP contribution in [-0.4, -0.2) is 58.7 Å². The van der Waals surface area contributed by atoms with Gasteiger partial charge in [0.05, 0.1) is 24.4 Å². The topological polar surface area (TPSA) is 65.3 Å². The first-order valence-corrected chi connectivity index (χ1v) is 8.96. The van der Waals surface area contributed by atoms with Gasteiger partial charge >= 0.3 is 0 Å². The van der Waals surface area contributed by atoms with Crippen molar-refractivity contribution in [2.75, 3.05) is 25.1 Å². The second kappa shape index (κ2) is 7.57. The van der Waals surface area contributed by atoms with Gasteiger partial charge in [0.15, 0.2) is 0 Å². The van der Waals surface area contributed by atoms with Gasteiger partial charge in [-0.3, -0.25) is 0 Å². The highest BCUT2D eigenvalue weighted by Gasteiger charge is 2.31. The molecule has 2 unspecified atom stereocenters. The van der Waals surface area contributed by atoms with Crippen LogP contribution in [0.25, 0.3) is 0 Å². The van der Waals surface area contributed by atoms with Gasteiger partial charge in [-0.2, -0.15) is 0 Å². The summed E-state index contributed by atoms with van der Waals surface area (Å²) in [5.41, 5.74) is 0. The molecule has 0 bridgehead atoms. The lowest BCUT2D eigenvalue weighted by molar-refractivity contribution is -0.0294. The van der Waals surface area contributed by atoms with E-state index in [1.165, 1.54) is 0 Å². The van der Waals surface area contributed by atoms with Crippen LogP contribution in [0.1, 0.15) is 58.4 Å². The van der Waals surface area contributed by atoms with Crippen molar-refractivity contribution in [1.29, 1.82) is 0 Å². The molecule has 1 saturated carbocycles. The lowest BCUT2D eigenvalue weighted by Crippen LogP contribution is -2.48. The van der Waals surface area contributed by atoms with Crippen molar-refractivity contribution >= 4 is 5.95 Å². The number of tetrazole rings is 1. The van der Waals surface area contributed by atoms with Crippen molar-refractivity contribution in [2.45, 2.75) is 76.7 Å². The molecule has 1 aromatic heterocycles. The van der Waals surface area contributed by atoms with Crippen molar-refractivity contribution in [1.82, 2.24) is 20.2 Å². The molecule has 1 saturated heterocycles. The monoisotopic (exact) mass is 323 g/mol. The van der Waals surface area contributed by atoms with E-state index >= 15 is 0 Å². The molecule has 3 rings (SSSR count). The molecule has 0 spiro atoms. The zero-order chi connectivity index (χ0) is 16.2. The van der Waals surface area contributed by atoms with Crippen molar-refractivity contribution in [3.05, 3.63) is 0 Å². The number of aromatic nitrogens is 4. The third-order valence-electron chi connectivity index (χ3n) is 5.22. The van der Waals surface area contributed by atoms with E-state index in [2.05, 4.69) is 34.3 Å². The standard InChI is InChI=1S/C16H29N5O2/c1-4-13-10-20(11-14(5-2)23-13)16-17-18-19-21(16)12-6-8-15(22-3)9-7-12/h12-15H,4-11H2,1-3H3. The highest BCUT2D eigenvalue weighted by atomic mass is 16.5. The average Bonchev–Trinajstić information content (AvgIpc) is 3.11. The number of anilines is 1. The van der Waals surface area contributed by atoms with Crippen molar-refractivity contribution in [3.63, 3.8) is 0 Å². The molecule has 2 atom stereocenters. The molecule has 0 N–H and O–H groups in total. The summed E-state index contributed by atoms with van der Waals surface area (Å²) in [5.74, 6) is 0.908. The lowest BCUT2D eigenvalue weighted by Gasteiger charge is -2.38. The Morgan fingerprint density at radius 2 is 1.74 bits per heavy atom. The SMILES string of the molecule is CCC1CN(c2nnnn2C2CCC(OC)CC2)CC(CC)O1. The summed E-state index contributed by atoms with van der Waals surface area (Å²) in [6.45, 7) is 6.10. The lowest BCUT2D eigenvalue weighted by atomic mass is 9.93. The van der Waals surface area contributed by atoms with Crippen molar-refractivity contribution < 1.29 is 9.47 Å². The number of nitrogens with zero attached hydrogens (tertiary/aromatic N) is 5. The van der Waals surface area contributed by atoms with Crippen LogP contribution >= 0.6 is 0 Å². The number of hydrogen-bond acceptors (Lipinski definition) is 6. The molecule has 23 heavy (non-hydrogen) atoms. The maximum Gasteiger partial charge on any atom is 0.245 e. The predicted molar refractivity (Wildman–Crippen MR) is 87.6 cm³/mol. The van der Waals surface area contributed by atoms with E-state index in [0.717, 1.165) is 57.6 Å². The first-order chi connectivity index (χ1) is 11.2. The van der Waals surface area contributed by atoms with E-state index in [1.54, 1.807) is 7.11 Å². The Labute approximate surface area is 138 Å². The summed E-state index contributed by atoms with van der Waals surface area (Å²) in [7, 11) is 1.80. The first-order valence-electron chi connectivity index (χ1n) is 8.96. The first kappa shape index (κ1) is 16.6. The molecular formula is C16H29N5O2. The summed E-state index contributed by atoms with van der Waals surface area (Å²) in [6.07, 6.45) is 7.29. The molecule has 7 heteroatoms. The number of hydrogen-bond donors (Lipinski definition) is 0. The molecule has 1 aliphatic heterocycles. The highest BCUT2D eigenvalue weighted by molar-refractivity contribution is 5.30. The summed E-state index contributed by atoms with van der Waals surface area (Å²) in [5, 5.41) is 12.6. The quantitative estimate of drug-likeness (QED) is 0.827. The van der Waals surface area contributed by atoms with Gasteiger partial charge in [-0.05, 0) is 49.0 Å². The molecule has 2 heterocycles. The molecule has 0 aromatic carbocycles. The van der Waals surface area contributed by atoms with E-state index in [0.29, 0.717) is 12.1 Å². The fourth-order valence-electron chi connectivity index (χ4n) is 3.70. The molecule has 2 aliphatic rings. The number of rotatable bonds is 5. The molecule has 7 nitrogen and oxygen atoms in total. The smallest absolute Gasteiger partial charge is 0.245 e. The van der Waals surface area contributed by atoms with Crippen LogP contribution in [0.4, 0.5) is 5.95 Å². The van der Waals surface area contributed by atoms with E-state index < -0.39 is 0 Å². The van der Waals surface area contributed by atoms with E-state index in [4.69, 9.17) is 9.47 Å². The Morgan fingerprint density at radius 3 is 2.30 bits per heavy atom. The van der Waals surface area contributed by atoms with Crippen LogP contribution in [0, 0.1) is 0 Å². The van der Waals surface area contributed by atoms with E-state index in [9.17, 15) is 0 Å².